The predicted molar refractivity (Wildman–Crippen MR) is 71.0 cm³/mol. The molecular formula is C11H12N2OS2. The summed E-state index contributed by atoms with van der Waals surface area (Å²) < 4.78 is 1.14. The van der Waals surface area contributed by atoms with Gasteiger partial charge in [-0.1, -0.05) is 35.7 Å². The molecule has 0 saturated carbocycles. The molecule has 0 fully saturated rings. The van der Waals surface area contributed by atoms with Gasteiger partial charge in [0.1, 0.15) is 4.38 Å². The van der Waals surface area contributed by atoms with Crippen molar-refractivity contribution < 1.29 is 4.79 Å². The van der Waals surface area contributed by atoms with Crippen molar-refractivity contribution in [2.45, 2.75) is 5.75 Å². The Balaban J connectivity index is 1.98. The third-order valence-electron chi connectivity index (χ3n) is 2.13. The Bertz CT molecular complexity index is 432. The van der Waals surface area contributed by atoms with Crippen LogP contribution in [0.3, 0.4) is 0 Å². The fraction of sp³-hybridized carbons (Fsp3) is 0.273. The van der Waals surface area contributed by atoms with Gasteiger partial charge in [0, 0.05) is 17.1 Å². The quantitative estimate of drug-likeness (QED) is 0.896. The second-order valence-corrected chi connectivity index (χ2v) is 5.66. The summed E-state index contributed by atoms with van der Waals surface area (Å²) in [6.07, 6.45) is 0. The molecule has 0 bridgehead atoms. The van der Waals surface area contributed by atoms with Crippen molar-refractivity contribution in [3.05, 3.63) is 35.4 Å². The van der Waals surface area contributed by atoms with E-state index in [0.29, 0.717) is 5.56 Å². The number of carbonyl (C=O) groups excluding carboxylic acids is 1. The molecule has 0 atom stereocenters. The Labute approximate surface area is 103 Å². The summed E-state index contributed by atoms with van der Waals surface area (Å²) >= 11 is 3.51. The molecule has 0 unspecified atom stereocenters. The minimum Gasteiger partial charge on any atom is -0.366 e. The maximum Gasteiger partial charge on any atom is 0.248 e. The lowest BCUT2D eigenvalue weighted by atomic mass is 10.1. The number of hydrogen-bond donors (Lipinski definition) is 1. The van der Waals surface area contributed by atoms with Gasteiger partial charge in [0.15, 0.2) is 0 Å². The largest absolute Gasteiger partial charge is 0.366 e. The number of nitrogens with zero attached hydrogens (tertiary/aromatic N) is 1. The Morgan fingerprint density at radius 3 is 3.12 bits per heavy atom. The van der Waals surface area contributed by atoms with E-state index in [1.54, 1.807) is 29.6 Å². The summed E-state index contributed by atoms with van der Waals surface area (Å²) in [5.41, 5.74) is 6.90. The van der Waals surface area contributed by atoms with Crippen LogP contribution in [0.25, 0.3) is 0 Å². The van der Waals surface area contributed by atoms with Gasteiger partial charge < -0.3 is 5.73 Å². The molecule has 0 radical (unpaired) electrons. The number of hydrogen-bond acceptors (Lipinski definition) is 4. The van der Waals surface area contributed by atoms with Crippen molar-refractivity contribution in [2.24, 2.45) is 10.7 Å². The lowest BCUT2D eigenvalue weighted by Gasteiger charge is -2.02. The van der Waals surface area contributed by atoms with E-state index in [1.807, 2.05) is 18.2 Å². The van der Waals surface area contributed by atoms with Gasteiger partial charge in [-0.15, -0.1) is 0 Å². The van der Waals surface area contributed by atoms with Gasteiger partial charge in [0.2, 0.25) is 5.91 Å². The average molecular weight is 252 g/mol. The zero-order valence-electron chi connectivity index (χ0n) is 8.68. The molecule has 1 aromatic carbocycles. The van der Waals surface area contributed by atoms with Crippen LogP contribution in [-0.2, 0) is 5.75 Å². The van der Waals surface area contributed by atoms with Gasteiger partial charge in [-0.2, -0.15) is 0 Å². The highest BCUT2D eigenvalue weighted by molar-refractivity contribution is 8.38. The van der Waals surface area contributed by atoms with Crippen LogP contribution in [0.15, 0.2) is 29.3 Å². The van der Waals surface area contributed by atoms with Crippen LogP contribution in [0.1, 0.15) is 15.9 Å². The van der Waals surface area contributed by atoms with E-state index in [0.717, 1.165) is 28.0 Å². The van der Waals surface area contributed by atoms with Crippen molar-refractivity contribution in [3.8, 4) is 0 Å². The van der Waals surface area contributed by atoms with Crippen LogP contribution in [0.5, 0.6) is 0 Å². The molecule has 16 heavy (non-hydrogen) atoms. The van der Waals surface area contributed by atoms with Gasteiger partial charge in [0.05, 0.1) is 6.54 Å². The Hall–Kier alpha value is -0.940. The second kappa shape index (κ2) is 5.41. The van der Waals surface area contributed by atoms with E-state index in [1.165, 1.54) is 0 Å². The normalized spacial score (nSPS) is 14.9. The van der Waals surface area contributed by atoms with Gasteiger partial charge in [0.25, 0.3) is 0 Å². The summed E-state index contributed by atoms with van der Waals surface area (Å²) in [6, 6.07) is 7.44. The molecule has 0 spiro atoms. The van der Waals surface area contributed by atoms with E-state index in [4.69, 9.17) is 5.73 Å². The monoisotopic (exact) mass is 252 g/mol. The molecule has 0 saturated heterocycles. The third kappa shape index (κ3) is 3.02. The number of thioether (sulfide) groups is 2. The highest BCUT2D eigenvalue weighted by Gasteiger charge is 2.08. The van der Waals surface area contributed by atoms with Crippen LogP contribution in [0.2, 0.25) is 0 Å². The molecule has 5 heteroatoms. The van der Waals surface area contributed by atoms with Gasteiger partial charge >= 0.3 is 0 Å². The standard InChI is InChI=1S/C11H12N2OS2/c12-10(14)9-3-1-2-8(6-9)7-16-11-13-4-5-15-11/h1-3,6H,4-5,7H2,(H2,12,14). The van der Waals surface area contributed by atoms with Crippen LogP contribution in [0.4, 0.5) is 0 Å². The van der Waals surface area contributed by atoms with Crippen molar-refractivity contribution in [1.82, 2.24) is 0 Å². The Morgan fingerprint density at radius 2 is 2.44 bits per heavy atom. The van der Waals surface area contributed by atoms with Crippen molar-refractivity contribution in [1.29, 1.82) is 0 Å². The van der Waals surface area contributed by atoms with E-state index >= 15 is 0 Å². The smallest absolute Gasteiger partial charge is 0.248 e. The van der Waals surface area contributed by atoms with Crippen LogP contribution < -0.4 is 5.73 Å². The minimum absolute atomic E-state index is 0.376. The van der Waals surface area contributed by atoms with Crippen LogP contribution >= 0.6 is 23.5 Å². The zero-order valence-corrected chi connectivity index (χ0v) is 10.3. The molecule has 2 N–H and O–H groups in total. The lowest BCUT2D eigenvalue weighted by Crippen LogP contribution is -2.10. The summed E-state index contributed by atoms with van der Waals surface area (Å²) in [5, 5.41) is 0. The molecule has 3 nitrogen and oxygen atoms in total. The SMILES string of the molecule is NC(=O)c1cccc(CSC2=NCCS2)c1. The fourth-order valence-electron chi connectivity index (χ4n) is 1.36. The summed E-state index contributed by atoms with van der Waals surface area (Å²) in [6.45, 7) is 0.925. The molecule has 1 heterocycles. The first-order valence-corrected chi connectivity index (χ1v) is 6.91. The molecule has 1 aromatic rings. The molecule has 1 aliphatic rings. The van der Waals surface area contributed by atoms with Crippen molar-refractivity contribution >= 4 is 33.8 Å². The third-order valence-corrected chi connectivity index (χ3v) is 4.46. The molecule has 2 rings (SSSR count). The van der Waals surface area contributed by atoms with E-state index in [2.05, 4.69) is 4.99 Å². The zero-order chi connectivity index (χ0) is 11.4. The van der Waals surface area contributed by atoms with Crippen molar-refractivity contribution in [3.63, 3.8) is 0 Å². The molecule has 0 aliphatic carbocycles. The minimum atomic E-state index is -0.376. The van der Waals surface area contributed by atoms with Gasteiger partial charge in [-0.25, -0.2) is 0 Å². The first kappa shape index (κ1) is 11.5. The number of primary amides is 1. The Kier molecular flexibility index (Phi) is 3.90. The van der Waals surface area contributed by atoms with Crippen LogP contribution in [0, 0.1) is 0 Å². The van der Waals surface area contributed by atoms with Gasteiger partial charge in [-0.3, -0.25) is 9.79 Å². The number of amides is 1. The number of rotatable bonds is 3. The highest BCUT2D eigenvalue weighted by Crippen LogP contribution is 2.25. The molecule has 1 amide bonds. The summed E-state index contributed by atoms with van der Waals surface area (Å²) in [7, 11) is 0. The fourth-order valence-corrected chi connectivity index (χ4v) is 3.31. The van der Waals surface area contributed by atoms with E-state index in [-0.39, 0.29) is 5.91 Å². The van der Waals surface area contributed by atoms with Gasteiger partial charge in [-0.05, 0) is 17.7 Å². The molecule has 0 aromatic heterocycles. The lowest BCUT2D eigenvalue weighted by molar-refractivity contribution is 0.1000. The number of nitrogens with two attached hydrogens (primary N) is 1. The second-order valence-electron chi connectivity index (χ2n) is 3.35. The summed E-state index contributed by atoms with van der Waals surface area (Å²) in [4.78, 5) is 15.4. The Morgan fingerprint density at radius 1 is 1.56 bits per heavy atom. The average Bonchev–Trinajstić information content (AvgIpc) is 2.79. The highest BCUT2D eigenvalue weighted by atomic mass is 32.2. The first-order chi connectivity index (χ1) is 7.75. The number of carbonyl (C=O) groups is 1. The molecule has 1 aliphatic heterocycles. The molecular weight excluding hydrogens is 240 g/mol. The number of aliphatic imine (C=N–C) groups is 1. The molecule has 84 valence electrons. The number of benzene rings is 1. The van der Waals surface area contributed by atoms with Crippen molar-refractivity contribution in [2.75, 3.05) is 12.3 Å². The topological polar surface area (TPSA) is 55.5 Å². The summed E-state index contributed by atoms with van der Waals surface area (Å²) in [5.74, 6) is 1.55. The predicted octanol–water partition coefficient (Wildman–Crippen LogP) is 2.12. The van der Waals surface area contributed by atoms with E-state index < -0.39 is 0 Å². The van der Waals surface area contributed by atoms with E-state index in [9.17, 15) is 4.79 Å². The maximum atomic E-state index is 11.0. The van der Waals surface area contributed by atoms with Crippen LogP contribution in [-0.4, -0.2) is 22.6 Å². The first-order valence-electron chi connectivity index (χ1n) is 4.94. The maximum absolute atomic E-state index is 11.0.